The topological polar surface area (TPSA) is 57.5 Å². The summed E-state index contributed by atoms with van der Waals surface area (Å²) >= 11 is 0. The first-order valence-electron chi connectivity index (χ1n) is 7.19. The van der Waals surface area contributed by atoms with Gasteiger partial charge in [-0.15, -0.1) is 0 Å². The highest BCUT2D eigenvalue weighted by molar-refractivity contribution is 5.74. The van der Waals surface area contributed by atoms with Crippen LogP contribution in [-0.4, -0.2) is 28.5 Å². The fourth-order valence-electron chi connectivity index (χ4n) is 3.00. The average molecular weight is 296 g/mol. The highest BCUT2D eigenvalue weighted by Gasteiger charge is 2.49. The molecule has 0 aliphatic heterocycles. The van der Waals surface area contributed by atoms with Crippen molar-refractivity contribution in [3.8, 4) is 0 Å². The molecule has 1 rings (SSSR count). The van der Waals surface area contributed by atoms with Gasteiger partial charge in [0, 0.05) is 0 Å². The molecule has 0 aromatic heterocycles. The van der Waals surface area contributed by atoms with Crippen LogP contribution in [0.15, 0.2) is 0 Å². The summed E-state index contributed by atoms with van der Waals surface area (Å²) in [6.45, 7) is 2.07. The minimum absolute atomic E-state index is 0.226. The second kappa shape index (κ2) is 6.78. The van der Waals surface area contributed by atoms with Crippen LogP contribution in [0.3, 0.4) is 0 Å². The van der Waals surface area contributed by atoms with Gasteiger partial charge in [-0.25, -0.2) is 0 Å². The van der Waals surface area contributed by atoms with Gasteiger partial charge >= 0.3 is 12.1 Å². The normalized spacial score (nSPS) is 29.1. The summed E-state index contributed by atoms with van der Waals surface area (Å²) in [6, 6.07) is 0. The Kier molecular flexibility index (Phi) is 5.86. The van der Waals surface area contributed by atoms with E-state index < -0.39 is 30.1 Å². The van der Waals surface area contributed by atoms with Gasteiger partial charge < -0.3 is 10.2 Å². The minimum Gasteiger partial charge on any atom is -0.481 e. The second-order valence-electron chi connectivity index (χ2n) is 5.93. The van der Waals surface area contributed by atoms with Gasteiger partial charge in [0.25, 0.3) is 0 Å². The van der Waals surface area contributed by atoms with Gasteiger partial charge in [-0.1, -0.05) is 26.2 Å². The summed E-state index contributed by atoms with van der Waals surface area (Å²) in [7, 11) is 0. The molecule has 1 unspecified atom stereocenters. The third-order valence-corrected chi connectivity index (χ3v) is 4.44. The van der Waals surface area contributed by atoms with E-state index in [2.05, 4.69) is 6.92 Å². The van der Waals surface area contributed by atoms with E-state index in [1.807, 2.05) is 0 Å². The minimum atomic E-state index is -4.75. The van der Waals surface area contributed by atoms with E-state index in [-0.39, 0.29) is 12.8 Å². The largest absolute Gasteiger partial charge is 0.481 e. The Morgan fingerprint density at radius 2 is 1.90 bits per heavy atom. The predicted octanol–water partition coefficient (Wildman–Crippen LogP) is 3.75. The zero-order valence-corrected chi connectivity index (χ0v) is 11.7. The summed E-state index contributed by atoms with van der Waals surface area (Å²) in [6.07, 6.45) is -3.17. The van der Waals surface area contributed by atoms with E-state index in [9.17, 15) is 28.2 Å². The molecule has 1 saturated carbocycles. The average Bonchev–Trinajstić information content (AvgIpc) is 2.36. The van der Waals surface area contributed by atoms with Gasteiger partial charge in [-0.3, -0.25) is 4.79 Å². The molecule has 1 fully saturated rings. The number of hydrogen-bond acceptors (Lipinski definition) is 2. The lowest BCUT2D eigenvalue weighted by Crippen LogP contribution is -2.42. The third-order valence-electron chi connectivity index (χ3n) is 4.44. The number of halogens is 3. The molecular weight excluding hydrogens is 273 g/mol. The van der Waals surface area contributed by atoms with Crippen LogP contribution in [-0.2, 0) is 4.79 Å². The van der Waals surface area contributed by atoms with Crippen LogP contribution in [0.25, 0.3) is 0 Å². The molecule has 0 spiro atoms. The second-order valence-corrected chi connectivity index (χ2v) is 5.93. The summed E-state index contributed by atoms with van der Waals surface area (Å²) in [5, 5.41) is 18.5. The Balaban J connectivity index is 2.65. The van der Waals surface area contributed by atoms with E-state index in [4.69, 9.17) is 0 Å². The van der Waals surface area contributed by atoms with Gasteiger partial charge in [-0.05, 0) is 38.0 Å². The van der Waals surface area contributed by atoms with Crippen molar-refractivity contribution in [2.24, 2.45) is 11.3 Å². The number of unbranched alkanes of at least 4 members (excludes halogenated alkanes) is 1. The van der Waals surface area contributed by atoms with Gasteiger partial charge in [0.1, 0.15) is 0 Å². The Morgan fingerprint density at radius 3 is 2.30 bits per heavy atom. The smallest absolute Gasteiger partial charge is 0.414 e. The zero-order chi connectivity index (χ0) is 15.4. The number of aliphatic hydroxyl groups is 1. The van der Waals surface area contributed by atoms with Crippen molar-refractivity contribution in [2.45, 2.75) is 70.6 Å². The molecule has 0 saturated heterocycles. The number of carboxylic acid groups (broad SMARTS) is 1. The van der Waals surface area contributed by atoms with Gasteiger partial charge in [0.15, 0.2) is 6.10 Å². The van der Waals surface area contributed by atoms with E-state index in [1.165, 1.54) is 0 Å². The van der Waals surface area contributed by atoms with Crippen LogP contribution >= 0.6 is 0 Å². The van der Waals surface area contributed by atoms with E-state index in [1.54, 1.807) is 0 Å². The molecule has 2 N–H and O–H groups in total. The Labute approximate surface area is 117 Å². The van der Waals surface area contributed by atoms with Crippen molar-refractivity contribution in [2.75, 3.05) is 0 Å². The maximum Gasteiger partial charge on any atom is 0.414 e. The number of carbonyl (C=O) groups is 1. The van der Waals surface area contributed by atoms with E-state index >= 15 is 0 Å². The summed E-state index contributed by atoms with van der Waals surface area (Å²) in [5.74, 6) is -0.805. The number of hydrogen-bond donors (Lipinski definition) is 2. The molecular formula is C14H23F3O3. The SMILES string of the molecule is CCCCC1CCC(CC(O)C(F)(F)F)(C(=O)O)CC1. The summed E-state index contributed by atoms with van der Waals surface area (Å²) in [5.41, 5.74) is -1.42. The zero-order valence-electron chi connectivity index (χ0n) is 11.7. The maximum absolute atomic E-state index is 12.4. The van der Waals surface area contributed by atoms with Crippen LogP contribution in [0.2, 0.25) is 0 Å². The lowest BCUT2D eigenvalue weighted by Gasteiger charge is -2.38. The highest BCUT2D eigenvalue weighted by atomic mass is 19.4. The van der Waals surface area contributed by atoms with Crippen molar-refractivity contribution < 1.29 is 28.2 Å². The van der Waals surface area contributed by atoms with Crippen molar-refractivity contribution >= 4 is 5.97 Å². The van der Waals surface area contributed by atoms with E-state index in [0.717, 1.165) is 19.3 Å². The number of alkyl halides is 3. The summed E-state index contributed by atoms with van der Waals surface area (Å²) < 4.78 is 37.3. The van der Waals surface area contributed by atoms with Gasteiger partial charge in [-0.2, -0.15) is 13.2 Å². The predicted molar refractivity (Wildman–Crippen MR) is 68.2 cm³/mol. The molecule has 0 aromatic rings. The first kappa shape index (κ1) is 17.3. The fraction of sp³-hybridized carbons (Fsp3) is 0.929. The Hall–Kier alpha value is -0.780. The molecule has 20 heavy (non-hydrogen) atoms. The number of aliphatic carboxylic acids is 1. The van der Waals surface area contributed by atoms with E-state index in [0.29, 0.717) is 18.8 Å². The monoisotopic (exact) mass is 296 g/mol. The molecule has 0 radical (unpaired) electrons. The first-order valence-corrected chi connectivity index (χ1v) is 7.19. The summed E-state index contributed by atoms with van der Waals surface area (Å²) in [4.78, 5) is 11.4. The lowest BCUT2D eigenvalue weighted by atomic mass is 9.67. The van der Waals surface area contributed by atoms with Crippen molar-refractivity contribution in [3.05, 3.63) is 0 Å². The Morgan fingerprint density at radius 1 is 1.35 bits per heavy atom. The number of aliphatic hydroxyl groups excluding tert-OH is 1. The third kappa shape index (κ3) is 4.36. The molecule has 0 amide bonds. The van der Waals surface area contributed by atoms with Crippen LogP contribution < -0.4 is 0 Å². The molecule has 3 nitrogen and oxygen atoms in total. The molecule has 1 aliphatic rings. The lowest BCUT2D eigenvalue weighted by molar-refractivity contribution is -0.216. The maximum atomic E-state index is 12.4. The van der Waals surface area contributed by atoms with Crippen molar-refractivity contribution in [1.82, 2.24) is 0 Å². The molecule has 6 heteroatoms. The van der Waals surface area contributed by atoms with Crippen molar-refractivity contribution in [3.63, 3.8) is 0 Å². The van der Waals surface area contributed by atoms with Crippen LogP contribution in [0, 0.1) is 11.3 Å². The molecule has 0 heterocycles. The molecule has 118 valence electrons. The number of rotatable bonds is 6. The quantitative estimate of drug-likeness (QED) is 0.785. The molecule has 1 atom stereocenters. The van der Waals surface area contributed by atoms with Crippen molar-refractivity contribution in [1.29, 1.82) is 0 Å². The molecule has 1 aliphatic carbocycles. The van der Waals surface area contributed by atoms with Crippen LogP contribution in [0.4, 0.5) is 13.2 Å². The number of carboxylic acids is 1. The first-order chi connectivity index (χ1) is 9.21. The Bertz CT molecular complexity index is 320. The van der Waals surface area contributed by atoms with Crippen LogP contribution in [0.5, 0.6) is 0 Å². The molecule has 0 aromatic carbocycles. The standard InChI is InChI=1S/C14H23F3O3/c1-2-3-4-10-5-7-13(8-6-10,12(19)20)9-11(18)14(15,16)17/h10-11,18H,2-9H2,1H3,(H,19,20). The van der Waals surface area contributed by atoms with Gasteiger partial charge in [0.05, 0.1) is 5.41 Å². The van der Waals surface area contributed by atoms with Gasteiger partial charge in [0.2, 0.25) is 0 Å². The van der Waals surface area contributed by atoms with Crippen LogP contribution in [0.1, 0.15) is 58.3 Å². The molecule has 0 bridgehead atoms. The fourth-order valence-corrected chi connectivity index (χ4v) is 3.00. The highest BCUT2D eigenvalue weighted by Crippen LogP contribution is 2.45.